The standard InChI is InChI=1S/C25H28ClFN4O4/c1-24(2,3)35-23(34)31-19(14-25(15-32,22(31)33)10-11-29-30-28)12-16-4-6-17(7-5-16)20-13-18(26)8-9-21(20)27/h4-9,13,19,32H,10-12,14-15H2,1-3H3/t19-,25?/m1/s1. The maximum atomic E-state index is 14.2. The van der Waals surface area contributed by atoms with Gasteiger partial charge in [0, 0.05) is 28.1 Å². The first-order chi connectivity index (χ1) is 16.5. The second-order valence-electron chi connectivity index (χ2n) is 9.68. The van der Waals surface area contributed by atoms with Crippen LogP contribution in [0.25, 0.3) is 21.6 Å². The molecule has 0 bridgehead atoms. The lowest BCUT2D eigenvalue weighted by Crippen LogP contribution is -2.45. The van der Waals surface area contributed by atoms with Gasteiger partial charge < -0.3 is 9.84 Å². The fraction of sp³-hybridized carbons (Fsp3) is 0.440. The van der Waals surface area contributed by atoms with Gasteiger partial charge in [-0.1, -0.05) is 41.0 Å². The molecule has 1 fully saturated rings. The van der Waals surface area contributed by atoms with Crippen LogP contribution in [0.2, 0.25) is 5.02 Å². The van der Waals surface area contributed by atoms with E-state index in [0.717, 1.165) is 10.5 Å². The molecule has 3 rings (SSSR count). The molecule has 35 heavy (non-hydrogen) atoms. The lowest BCUT2D eigenvalue weighted by molar-refractivity contribution is -0.138. The highest BCUT2D eigenvalue weighted by molar-refractivity contribution is 6.30. The van der Waals surface area contributed by atoms with Gasteiger partial charge in [-0.2, -0.15) is 0 Å². The number of amides is 2. The third-order valence-electron chi connectivity index (χ3n) is 5.98. The van der Waals surface area contributed by atoms with Crippen molar-refractivity contribution in [2.75, 3.05) is 13.2 Å². The molecule has 0 aliphatic carbocycles. The number of hydrogen-bond acceptors (Lipinski definition) is 5. The number of hydrogen-bond donors (Lipinski definition) is 1. The van der Waals surface area contributed by atoms with E-state index in [0.29, 0.717) is 22.6 Å². The number of aliphatic hydroxyl groups excluding tert-OH is 1. The lowest BCUT2D eigenvalue weighted by Gasteiger charge is -2.28. The SMILES string of the molecule is CC(C)(C)OC(=O)N1C(=O)C(CO)(CCN=[N+]=[N-])C[C@H]1Cc1ccc(-c2cc(Cl)ccc2F)cc1. The molecule has 8 nitrogen and oxygen atoms in total. The number of benzene rings is 2. The van der Waals surface area contributed by atoms with E-state index >= 15 is 0 Å². The Labute approximate surface area is 208 Å². The summed E-state index contributed by atoms with van der Waals surface area (Å²) in [6.07, 6.45) is -0.182. The molecule has 2 aromatic carbocycles. The summed E-state index contributed by atoms with van der Waals surface area (Å²) in [5.74, 6) is -0.947. The van der Waals surface area contributed by atoms with Crippen LogP contribution >= 0.6 is 11.6 Å². The molecule has 0 aromatic heterocycles. The molecule has 1 heterocycles. The number of carbonyl (C=O) groups is 2. The minimum absolute atomic E-state index is 0.0115. The van der Waals surface area contributed by atoms with Crippen molar-refractivity contribution in [3.05, 3.63) is 69.3 Å². The number of azide groups is 1. The van der Waals surface area contributed by atoms with Crippen molar-refractivity contribution in [2.24, 2.45) is 10.5 Å². The Hall–Kier alpha value is -3.13. The second-order valence-corrected chi connectivity index (χ2v) is 10.1. The average Bonchev–Trinajstić information content (AvgIpc) is 3.06. The van der Waals surface area contributed by atoms with Gasteiger partial charge in [0.1, 0.15) is 11.4 Å². The zero-order chi connectivity index (χ0) is 25.8. The summed E-state index contributed by atoms with van der Waals surface area (Å²) in [4.78, 5) is 30.1. The summed E-state index contributed by atoms with van der Waals surface area (Å²) < 4.78 is 19.7. The van der Waals surface area contributed by atoms with E-state index in [1.165, 1.54) is 12.1 Å². The van der Waals surface area contributed by atoms with Crippen LogP contribution in [0.1, 0.15) is 39.2 Å². The van der Waals surface area contributed by atoms with Gasteiger partial charge in [0.15, 0.2) is 0 Å². The van der Waals surface area contributed by atoms with Crippen molar-refractivity contribution in [2.45, 2.75) is 51.7 Å². The molecule has 1 aliphatic rings. The van der Waals surface area contributed by atoms with E-state index in [2.05, 4.69) is 10.0 Å². The lowest BCUT2D eigenvalue weighted by atomic mass is 9.81. The first-order valence-electron chi connectivity index (χ1n) is 11.2. The molecule has 0 spiro atoms. The third-order valence-corrected chi connectivity index (χ3v) is 6.21. The molecule has 0 radical (unpaired) electrons. The van der Waals surface area contributed by atoms with Crippen LogP contribution in [0, 0.1) is 11.2 Å². The quantitative estimate of drug-likeness (QED) is 0.288. The third kappa shape index (κ3) is 6.11. The second kappa shape index (κ2) is 10.6. The fourth-order valence-electron chi connectivity index (χ4n) is 4.30. The molecule has 1 N–H and O–H groups in total. The van der Waals surface area contributed by atoms with E-state index in [-0.39, 0.29) is 19.4 Å². The Bertz CT molecular complexity index is 1150. The number of likely N-dealkylation sites (tertiary alicyclic amines) is 1. The first kappa shape index (κ1) is 26.5. The number of rotatable bonds is 7. The van der Waals surface area contributed by atoms with E-state index in [1.807, 2.05) is 0 Å². The molecule has 0 saturated carbocycles. The zero-order valence-corrected chi connectivity index (χ0v) is 20.6. The van der Waals surface area contributed by atoms with Crippen LogP contribution < -0.4 is 0 Å². The van der Waals surface area contributed by atoms with Gasteiger partial charge >= 0.3 is 6.09 Å². The van der Waals surface area contributed by atoms with Gasteiger partial charge in [-0.3, -0.25) is 4.79 Å². The van der Waals surface area contributed by atoms with Crippen LogP contribution in [0.5, 0.6) is 0 Å². The summed E-state index contributed by atoms with van der Waals surface area (Å²) in [5, 5.41) is 14.0. The molecule has 2 amide bonds. The van der Waals surface area contributed by atoms with Crippen molar-refractivity contribution < 1.29 is 23.8 Å². The van der Waals surface area contributed by atoms with Gasteiger partial charge in [-0.25, -0.2) is 14.1 Å². The van der Waals surface area contributed by atoms with Crippen LogP contribution in [-0.2, 0) is 16.0 Å². The van der Waals surface area contributed by atoms with Gasteiger partial charge in [0.25, 0.3) is 0 Å². The number of halogens is 2. The molecular formula is C25H28ClFN4O4. The minimum atomic E-state index is -1.25. The summed E-state index contributed by atoms with van der Waals surface area (Å²) in [6, 6.07) is 10.8. The van der Waals surface area contributed by atoms with E-state index < -0.39 is 41.5 Å². The van der Waals surface area contributed by atoms with Crippen LogP contribution in [0.4, 0.5) is 9.18 Å². The molecule has 2 aromatic rings. The molecule has 1 unspecified atom stereocenters. The highest BCUT2D eigenvalue weighted by atomic mass is 35.5. The van der Waals surface area contributed by atoms with Crippen molar-refractivity contribution in [3.63, 3.8) is 0 Å². The van der Waals surface area contributed by atoms with Crippen LogP contribution in [0.3, 0.4) is 0 Å². The Morgan fingerprint density at radius 2 is 2.00 bits per heavy atom. The molecule has 1 aliphatic heterocycles. The summed E-state index contributed by atoms with van der Waals surface area (Å²) in [6.45, 7) is 4.63. The van der Waals surface area contributed by atoms with Crippen molar-refractivity contribution in [1.29, 1.82) is 0 Å². The smallest absolute Gasteiger partial charge is 0.417 e. The minimum Gasteiger partial charge on any atom is -0.443 e. The molecule has 10 heteroatoms. The number of imide groups is 1. The van der Waals surface area contributed by atoms with E-state index in [9.17, 15) is 19.1 Å². The highest BCUT2D eigenvalue weighted by Crippen LogP contribution is 2.41. The Kier molecular flexibility index (Phi) is 8.05. The summed E-state index contributed by atoms with van der Waals surface area (Å²) >= 11 is 6.01. The number of aliphatic hydroxyl groups is 1. The fourth-order valence-corrected chi connectivity index (χ4v) is 4.47. The first-order valence-corrected chi connectivity index (χ1v) is 11.6. The monoisotopic (exact) mass is 502 g/mol. The Morgan fingerprint density at radius 3 is 2.60 bits per heavy atom. The van der Waals surface area contributed by atoms with Crippen LogP contribution in [-0.4, -0.2) is 46.8 Å². The maximum Gasteiger partial charge on any atom is 0.417 e. The Balaban J connectivity index is 1.89. The van der Waals surface area contributed by atoms with Crippen molar-refractivity contribution >= 4 is 23.6 Å². The predicted octanol–water partition coefficient (Wildman–Crippen LogP) is 5.90. The van der Waals surface area contributed by atoms with Crippen molar-refractivity contribution in [1.82, 2.24) is 4.90 Å². The van der Waals surface area contributed by atoms with E-state index in [1.54, 1.807) is 51.1 Å². The number of ether oxygens (including phenoxy) is 1. The van der Waals surface area contributed by atoms with Gasteiger partial charge in [0.05, 0.1) is 12.0 Å². The highest BCUT2D eigenvalue weighted by Gasteiger charge is 2.54. The predicted molar refractivity (Wildman–Crippen MR) is 130 cm³/mol. The van der Waals surface area contributed by atoms with Gasteiger partial charge in [-0.15, -0.1) is 0 Å². The molecule has 2 atom stereocenters. The average molecular weight is 503 g/mol. The van der Waals surface area contributed by atoms with Crippen molar-refractivity contribution in [3.8, 4) is 11.1 Å². The zero-order valence-electron chi connectivity index (χ0n) is 19.9. The molecule has 186 valence electrons. The topological polar surface area (TPSA) is 116 Å². The molecular weight excluding hydrogens is 475 g/mol. The summed E-state index contributed by atoms with van der Waals surface area (Å²) in [7, 11) is 0. The van der Waals surface area contributed by atoms with Gasteiger partial charge in [-0.05, 0) is 74.9 Å². The largest absolute Gasteiger partial charge is 0.443 e. The number of nitrogens with zero attached hydrogens (tertiary/aromatic N) is 4. The normalized spacial score (nSPS) is 20.0. The van der Waals surface area contributed by atoms with Crippen LogP contribution in [0.15, 0.2) is 47.6 Å². The van der Waals surface area contributed by atoms with E-state index in [4.69, 9.17) is 21.9 Å². The summed E-state index contributed by atoms with van der Waals surface area (Å²) in [5.41, 5.74) is 8.36. The van der Waals surface area contributed by atoms with Gasteiger partial charge in [0.2, 0.25) is 5.91 Å². The maximum absolute atomic E-state index is 14.2. The Morgan fingerprint density at radius 1 is 1.31 bits per heavy atom. The molecule has 1 saturated heterocycles. The number of carbonyl (C=O) groups excluding carboxylic acids is 2.